The molecule has 0 aromatic rings. The molecule has 1 amide bonds. The monoisotopic (exact) mass is 1250 g/mol. The summed E-state index contributed by atoms with van der Waals surface area (Å²) in [7, 11) is 1.24. The van der Waals surface area contributed by atoms with Crippen LogP contribution < -0.4 is 10.2 Å². The van der Waals surface area contributed by atoms with Gasteiger partial charge in [0, 0.05) is 6.42 Å². The second-order valence-electron chi connectivity index (χ2n) is 27.0. The minimum absolute atomic E-state index is 0.00951. The van der Waals surface area contributed by atoms with Gasteiger partial charge in [-0.1, -0.05) is 356 Å². The van der Waals surface area contributed by atoms with Gasteiger partial charge in [-0.05, 0) is 83.5 Å². The maximum atomic E-state index is 13.1. The number of hydrogen-bond acceptors (Lipinski definition) is 6. The molecule has 0 saturated carbocycles. The molecule has 0 aliphatic carbocycles. The zero-order valence-electron chi connectivity index (χ0n) is 58.9. The van der Waals surface area contributed by atoms with Gasteiger partial charge in [0.15, 0.2) is 0 Å². The second-order valence-corrected chi connectivity index (χ2v) is 28.4. The number of carbonyl (C=O) groups excluding carboxylic acids is 1. The van der Waals surface area contributed by atoms with E-state index in [2.05, 4.69) is 92.1 Å². The predicted octanol–water partition coefficient (Wildman–Crippen LogP) is 24.0. The van der Waals surface area contributed by atoms with Gasteiger partial charge in [-0.15, -0.1) is 0 Å². The van der Waals surface area contributed by atoms with Crippen molar-refractivity contribution in [2.24, 2.45) is 0 Å². The number of aliphatic hydroxyl groups is 1. The zero-order chi connectivity index (χ0) is 64.1. The van der Waals surface area contributed by atoms with Crippen molar-refractivity contribution in [1.82, 2.24) is 5.32 Å². The predicted molar refractivity (Wildman–Crippen MR) is 385 cm³/mol. The van der Waals surface area contributed by atoms with Crippen LogP contribution in [0, 0.1) is 0 Å². The first kappa shape index (κ1) is 85.7. The highest BCUT2D eigenvalue weighted by Crippen LogP contribution is 2.38. The van der Waals surface area contributed by atoms with E-state index < -0.39 is 26.6 Å². The fourth-order valence-electron chi connectivity index (χ4n) is 11.2. The van der Waals surface area contributed by atoms with Crippen LogP contribution in [-0.4, -0.2) is 68.5 Å². The lowest BCUT2D eigenvalue weighted by atomic mass is 10.0. The summed E-state index contributed by atoms with van der Waals surface area (Å²) in [6.45, 7) is 4.55. The third-order valence-electron chi connectivity index (χ3n) is 17.1. The smallest absolute Gasteiger partial charge is 0.268 e. The summed E-state index contributed by atoms with van der Waals surface area (Å²) >= 11 is 0. The molecule has 0 fully saturated rings. The van der Waals surface area contributed by atoms with Gasteiger partial charge >= 0.3 is 0 Å². The molecule has 514 valence electrons. The van der Waals surface area contributed by atoms with Gasteiger partial charge in [0.25, 0.3) is 7.82 Å². The van der Waals surface area contributed by atoms with Gasteiger partial charge in [-0.3, -0.25) is 9.36 Å². The Kier molecular flexibility index (Phi) is 67.2. The topological polar surface area (TPSA) is 108 Å². The number of rotatable bonds is 70. The Morgan fingerprint density at radius 1 is 0.409 bits per heavy atom. The summed E-state index contributed by atoms with van der Waals surface area (Å²) in [5.74, 6) is -0.206. The van der Waals surface area contributed by atoms with Gasteiger partial charge in [-0.25, -0.2) is 0 Å². The number of hydrogen-bond donors (Lipinski definition) is 2. The van der Waals surface area contributed by atoms with E-state index in [1.165, 1.54) is 270 Å². The molecule has 0 heterocycles. The van der Waals surface area contributed by atoms with E-state index in [9.17, 15) is 19.4 Å². The van der Waals surface area contributed by atoms with E-state index in [0.29, 0.717) is 17.4 Å². The highest BCUT2D eigenvalue weighted by atomic mass is 31.2. The van der Waals surface area contributed by atoms with Gasteiger partial charge in [-0.2, -0.15) is 0 Å². The van der Waals surface area contributed by atoms with E-state index in [4.69, 9.17) is 9.05 Å². The number of unbranched alkanes of at least 4 members (excludes halogenated alkanes) is 45. The highest BCUT2D eigenvalue weighted by Gasteiger charge is 2.23. The van der Waals surface area contributed by atoms with Crippen molar-refractivity contribution in [3.05, 3.63) is 85.1 Å². The molecule has 3 atom stereocenters. The molecule has 0 aromatic heterocycles. The average molecular weight is 1250 g/mol. The van der Waals surface area contributed by atoms with Crippen molar-refractivity contribution in [2.75, 3.05) is 40.9 Å². The van der Waals surface area contributed by atoms with Gasteiger partial charge in [0.1, 0.15) is 13.2 Å². The number of carbonyl (C=O) groups is 1. The molecule has 0 saturated heterocycles. The first-order valence-electron chi connectivity index (χ1n) is 37.9. The molecule has 8 nitrogen and oxygen atoms in total. The summed E-state index contributed by atoms with van der Waals surface area (Å²) in [5.41, 5.74) is 0. The van der Waals surface area contributed by atoms with Crippen LogP contribution in [0.1, 0.15) is 361 Å². The Morgan fingerprint density at radius 2 is 0.705 bits per heavy atom. The first-order valence-corrected chi connectivity index (χ1v) is 39.4. The molecular weight excluding hydrogens is 1100 g/mol. The maximum Gasteiger partial charge on any atom is 0.268 e. The maximum absolute atomic E-state index is 13.1. The summed E-state index contributed by atoms with van der Waals surface area (Å²) in [6, 6.07) is -0.914. The van der Waals surface area contributed by atoms with Crippen molar-refractivity contribution >= 4 is 13.7 Å². The van der Waals surface area contributed by atoms with Crippen molar-refractivity contribution < 1.29 is 32.9 Å². The molecule has 0 rings (SSSR count). The fraction of sp³-hybridized carbons (Fsp3) is 0.810. The van der Waals surface area contributed by atoms with Crippen LogP contribution in [0.25, 0.3) is 0 Å². The number of quaternary nitrogens is 1. The molecule has 2 N–H and O–H groups in total. The summed E-state index contributed by atoms with van der Waals surface area (Å²) in [6.07, 6.45) is 98.9. The Bertz CT molecular complexity index is 1710. The second kappa shape index (κ2) is 69.0. The average Bonchev–Trinajstić information content (AvgIpc) is 3.70. The number of aliphatic hydroxyl groups excluding tert-OH is 1. The fourth-order valence-corrected chi connectivity index (χ4v) is 12.0. The Labute approximate surface area is 547 Å². The van der Waals surface area contributed by atoms with Crippen LogP contribution in [0.5, 0.6) is 0 Å². The van der Waals surface area contributed by atoms with Crippen molar-refractivity contribution in [1.29, 1.82) is 0 Å². The van der Waals surface area contributed by atoms with Gasteiger partial charge in [0.05, 0.1) is 39.9 Å². The number of nitrogens with one attached hydrogen (secondary N) is 1. The highest BCUT2D eigenvalue weighted by molar-refractivity contribution is 7.45. The molecule has 9 heteroatoms. The van der Waals surface area contributed by atoms with E-state index in [1.54, 1.807) is 6.08 Å². The van der Waals surface area contributed by atoms with Gasteiger partial charge < -0.3 is 28.8 Å². The number of allylic oxidation sites excluding steroid dienone is 13. The standard InChI is InChI=1S/C79H147N2O6P/c1-6-8-10-12-14-16-18-20-22-24-26-28-30-32-34-36-37-38-39-40-41-42-43-45-47-49-51-53-55-57-59-61-63-65-67-69-71-73-79(83)80-77(76-87-88(84,85)86-75-74-81(3,4)5)78(82)72-70-68-66-64-62-60-58-56-54-52-50-48-46-44-35-33-31-29-27-25-23-21-19-17-15-13-11-9-7-2/h8,10,14,16,20,22,26,28,54,56,62,64,70,72,77-78,82H,6-7,9,11-13,15,17-19,21,23-25,27,29-53,55,57-61,63,65-69,71,73-76H2,1-5H3,(H-,80,83,84,85)/b10-8-,16-14-,22-20-,28-26-,56-54+,64-62+,72-70+. The summed E-state index contributed by atoms with van der Waals surface area (Å²) in [5, 5.41) is 14.0. The molecule has 0 aliphatic heterocycles. The molecule has 3 unspecified atom stereocenters. The van der Waals surface area contributed by atoms with Gasteiger partial charge in [0.2, 0.25) is 5.91 Å². The van der Waals surface area contributed by atoms with E-state index >= 15 is 0 Å². The van der Waals surface area contributed by atoms with Crippen LogP contribution >= 0.6 is 7.82 Å². The lowest BCUT2D eigenvalue weighted by Gasteiger charge is -2.29. The van der Waals surface area contributed by atoms with Crippen LogP contribution in [0.2, 0.25) is 0 Å². The van der Waals surface area contributed by atoms with Crippen LogP contribution in [-0.2, 0) is 18.4 Å². The number of phosphoric ester groups is 1. The molecule has 0 aliphatic rings. The number of likely N-dealkylation sites (N-methyl/N-ethyl adjacent to an activating group) is 1. The van der Waals surface area contributed by atoms with E-state index in [0.717, 1.165) is 70.6 Å². The SMILES string of the molecule is CC/C=C\C/C=C\C/C=C\C/C=C\CCCCCCCCCCCCCCCCCCCCCCCCCCC(=O)NC(COP(=O)([O-])OCC[N+](C)(C)C)C(O)/C=C/CC/C=C/CC/C=C/CCCCCCCCCCCCCCCCCCCCC. The Balaban J connectivity index is 4.03. The molecule has 88 heavy (non-hydrogen) atoms. The molecule has 0 bridgehead atoms. The lowest BCUT2D eigenvalue weighted by molar-refractivity contribution is -0.870. The largest absolute Gasteiger partial charge is 0.756 e. The molecule has 0 radical (unpaired) electrons. The summed E-state index contributed by atoms with van der Waals surface area (Å²) < 4.78 is 23.5. The van der Waals surface area contributed by atoms with Crippen molar-refractivity contribution in [3.63, 3.8) is 0 Å². The Hall–Kier alpha value is -2.32. The lowest BCUT2D eigenvalue weighted by Crippen LogP contribution is -2.45. The van der Waals surface area contributed by atoms with Crippen molar-refractivity contribution in [3.8, 4) is 0 Å². The normalized spacial score (nSPS) is 14.0. The minimum Gasteiger partial charge on any atom is -0.756 e. The van der Waals surface area contributed by atoms with Crippen molar-refractivity contribution in [2.45, 2.75) is 373 Å². The van der Waals surface area contributed by atoms with Crippen LogP contribution in [0.3, 0.4) is 0 Å². The number of nitrogens with zero attached hydrogens (tertiary/aromatic N) is 1. The summed E-state index contributed by atoms with van der Waals surface area (Å²) in [4.78, 5) is 25.7. The van der Waals surface area contributed by atoms with Crippen LogP contribution in [0.15, 0.2) is 85.1 Å². The first-order chi connectivity index (χ1) is 43.0. The van der Waals surface area contributed by atoms with E-state index in [-0.39, 0.29) is 12.5 Å². The number of phosphoric acid groups is 1. The minimum atomic E-state index is -4.62. The Morgan fingerprint density at radius 3 is 1.06 bits per heavy atom. The third-order valence-corrected chi connectivity index (χ3v) is 18.0. The zero-order valence-corrected chi connectivity index (χ0v) is 59.8. The van der Waals surface area contributed by atoms with Crippen LogP contribution in [0.4, 0.5) is 0 Å². The quantitative estimate of drug-likeness (QED) is 0.0272. The third kappa shape index (κ3) is 71.1. The number of amides is 1. The van der Waals surface area contributed by atoms with E-state index in [1.807, 2.05) is 27.2 Å². The molecular formula is C79H147N2O6P. The molecule has 0 spiro atoms. The molecule has 0 aromatic carbocycles.